The first-order valence-corrected chi connectivity index (χ1v) is 12.2. The third-order valence-electron chi connectivity index (χ3n) is 6.95. The van der Waals surface area contributed by atoms with E-state index in [0.29, 0.717) is 34.7 Å². The topological polar surface area (TPSA) is 114 Å². The van der Waals surface area contributed by atoms with E-state index in [9.17, 15) is 10.1 Å². The second-order valence-electron chi connectivity index (χ2n) is 9.35. The number of methoxy groups -OCH3 is 1. The molecule has 0 aliphatic carbocycles. The number of rotatable bonds is 7. The highest BCUT2D eigenvalue weighted by atomic mass is 16.6. The number of piperidine rings is 1. The molecule has 3 heterocycles. The molecule has 0 spiro atoms. The van der Waals surface area contributed by atoms with Crippen LogP contribution < -0.4 is 15.0 Å². The maximum Gasteiger partial charge on any atom is 0.294 e. The van der Waals surface area contributed by atoms with E-state index in [2.05, 4.69) is 39.2 Å². The van der Waals surface area contributed by atoms with Gasteiger partial charge in [0.1, 0.15) is 17.1 Å². The van der Waals surface area contributed by atoms with Crippen LogP contribution in [-0.4, -0.2) is 69.7 Å². The summed E-state index contributed by atoms with van der Waals surface area (Å²) < 4.78 is 7.60. The number of ether oxygens (including phenoxy) is 1. The second kappa shape index (κ2) is 10.0. The molecule has 0 atom stereocenters. The Morgan fingerprint density at radius 1 is 1.14 bits per heavy atom. The zero-order valence-corrected chi connectivity index (χ0v) is 21.4. The van der Waals surface area contributed by atoms with Crippen LogP contribution in [0.3, 0.4) is 0 Å². The Morgan fingerprint density at radius 3 is 2.57 bits per heavy atom. The lowest BCUT2D eigenvalue weighted by atomic mass is 10.0. The average Bonchev–Trinajstić information content (AvgIpc) is 3.25. The van der Waals surface area contributed by atoms with Crippen LogP contribution in [0.5, 0.6) is 5.75 Å². The summed E-state index contributed by atoms with van der Waals surface area (Å²) in [5.74, 6) is 1.46. The van der Waals surface area contributed by atoms with E-state index >= 15 is 0 Å². The van der Waals surface area contributed by atoms with Crippen LogP contribution in [0.1, 0.15) is 12.8 Å². The first-order valence-electron chi connectivity index (χ1n) is 12.2. The highest BCUT2D eigenvalue weighted by molar-refractivity contribution is 5.80. The molecule has 11 heteroatoms. The molecular formula is C26H30N8O3. The number of nitrogens with one attached hydrogen (secondary N) is 1. The Labute approximate surface area is 214 Å². The summed E-state index contributed by atoms with van der Waals surface area (Å²) in [6.07, 6.45) is 3.51. The van der Waals surface area contributed by atoms with Crippen molar-refractivity contribution in [2.45, 2.75) is 18.9 Å². The summed E-state index contributed by atoms with van der Waals surface area (Å²) in [7, 11) is 7.62. The van der Waals surface area contributed by atoms with Gasteiger partial charge in [-0.05, 0) is 45.1 Å². The number of nitrogens with zero attached hydrogens (tertiary/aromatic N) is 7. The van der Waals surface area contributed by atoms with Crippen LogP contribution in [0.4, 0.5) is 23.0 Å². The van der Waals surface area contributed by atoms with Gasteiger partial charge in [-0.1, -0.05) is 12.1 Å². The first kappa shape index (κ1) is 24.4. The minimum atomic E-state index is -0.352. The highest BCUT2D eigenvalue weighted by Gasteiger charge is 2.28. The predicted molar refractivity (Wildman–Crippen MR) is 144 cm³/mol. The average molecular weight is 503 g/mol. The number of hydrogen-bond acceptors (Lipinski definition) is 9. The van der Waals surface area contributed by atoms with Gasteiger partial charge in [-0.3, -0.25) is 10.1 Å². The van der Waals surface area contributed by atoms with Crippen LogP contribution in [-0.2, 0) is 7.05 Å². The van der Waals surface area contributed by atoms with Crippen LogP contribution in [0, 0.1) is 10.1 Å². The predicted octanol–water partition coefficient (Wildman–Crippen LogP) is 4.22. The van der Waals surface area contributed by atoms with Gasteiger partial charge in [-0.2, -0.15) is 0 Å². The van der Waals surface area contributed by atoms with Gasteiger partial charge in [-0.25, -0.2) is 15.0 Å². The largest absolute Gasteiger partial charge is 0.494 e. The summed E-state index contributed by atoms with van der Waals surface area (Å²) in [5.41, 5.74) is 3.48. The second-order valence-corrected chi connectivity index (χ2v) is 9.35. The molecule has 1 saturated heterocycles. The Balaban J connectivity index is 1.46. The first-order chi connectivity index (χ1) is 17.9. The van der Waals surface area contributed by atoms with Crippen LogP contribution in [0.25, 0.3) is 22.6 Å². The van der Waals surface area contributed by atoms with Crippen LogP contribution >= 0.6 is 0 Å². The number of nitro groups is 1. The van der Waals surface area contributed by atoms with E-state index in [4.69, 9.17) is 9.72 Å². The number of anilines is 3. The molecule has 0 radical (unpaired) electrons. The summed E-state index contributed by atoms with van der Waals surface area (Å²) in [5, 5.41) is 15.2. The van der Waals surface area contributed by atoms with Gasteiger partial charge in [0.15, 0.2) is 5.82 Å². The van der Waals surface area contributed by atoms with Gasteiger partial charge >= 0.3 is 0 Å². The van der Waals surface area contributed by atoms with Gasteiger partial charge in [0.2, 0.25) is 5.95 Å². The maximum atomic E-state index is 12.1. The van der Waals surface area contributed by atoms with Crippen LogP contribution in [0.2, 0.25) is 0 Å². The van der Waals surface area contributed by atoms with Gasteiger partial charge < -0.3 is 24.4 Å². The number of fused-ring (bicyclic) bond motifs is 1. The van der Waals surface area contributed by atoms with Crippen molar-refractivity contribution < 1.29 is 9.66 Å². The molecule has 11 nitrogen and oxygen atoms in total. The summed E-state index contributed by atoms with van der Waals surface area (Å²) in [6.45, 7) is 1.48. The van der Waals surface area contributed by atoms with Crippen LogP contribution in [0.15, 0.2) is 48.7 Å². The van der Waals surface area contributed by atoms with Crippen molar-refractivity contribution in [3.05, 3.63) is 58.8 Å². The SMILES string of the molecule is COc1cc(N2CCC(N(C)C)CC2)c([N+](=O)[O-])cc1Nc1nccc(-c2nc3ccccc3n2C)n1. The van der Waals surface area contributed by atoms with E-state index in [-0.39, 0.29) is 16.6 Å². The lowest BCUT2D eigenvalue weighted by Gasteiger charge is -2.36. The van der Waals surface area contributed by atoms with Crippen molar-refractivity contribution in [3.63, 3.8) is 0 Å². The maximum absolute atomic E-state index is 12.1. The fraction of sp³-hybridized carbons (Fsp3) is 0.346. The molecular weight excluding hydrogens is 472 g/mol. The lowest BCUT2D eigenvalue weighted by Crippen LogP contribution is -2.42. The molecule has 5 rings (SSSR count). The number of hydrogen-bond donors (Lipinski definition) is 1. The van der Waals surface area contributed by atoms with Crippen molar-refractivity contribution in [1.29, 1.82) is 0 Å². The smallest absolute Gasteiger partial charge is 0.294 e. The molecule has 1 N–H and O–H groups in total. The molecule has 0 saturated carbocycles. The zero-order valence-electron chi connectivity index (χ0n) is 21.4. The minimum absolute atomic E-state index is 0.0121. The van der Waals surface area contributed by atoms with E-state index in [0.717, 1.165) is 37.0 Å². The molecule has 192 valence electrons. The van der Waals surface area contributed by atoms with Crippen molar-refractivity contribution in [3.8, 4) is 17.3 Å². The number of imidazole rings is 1. The fourth-order valence-electron chi connectivity index (χ4n) is 4.89. The lowest BCUT2D eigenvalue weighted by molar-refractivity contribution is -0.384. The number of aryl methyl sites for hydroxylation is 1. The number of para-hydroxylation sites is 2. The third-order valence-corrected chi connectivity index (χ3v) is 6.95. The summed E-state index contributed by atoms with van der Waals surface area (Å²) >= 11 is 0. The van der Waals surface area contributed by atoms with E-state index in [1.54, 1.807) is 25.4 Å². The molecule has 2 aromatic heterocycles. The Bertz CT molecular complexity index is 1440. The molecule has 1 aliphatic heterocycles. The number of nitro benzene ring substituents is 1. The molecule has 0 unspecified atom stereocenters. The molecule has 0 bridgehead atoms. The molecule has 0 amide bonds. The van der Waals surface area contributed by atoms with E-state index < -0.39 is 0 Å². The molecule has 4 aromatic rings. The van der Waals surface area contributed by atoms with E-state index in [1.165, 1.54) is 6.07 Å². The highest BCUT2D eigenvalue weighted by Crippen LogP contribution is 2.40. The summed E-state index contributed by atoms with van der Waals surface area (Å²) in [6, 6.07) is 13.3. The minimum Gasteiger partial charge on any atom is -0.494 e. The zero-order chi connectivity index (χ0) is 26.1. The van der Waals surface area contributed by atoms with Gasteiger partial charge in [-0.15, -0.1) is 0 Å². The van der Waals surface area contributed by atoms with Gasteiger partial charge in [0.05, 0.1) is 28.8 Å². The van der Waals surface area contributed by atoms with Crippen molar-refractivity contribution >= 4 is 34.0 Å². The Morgan fingerprint density at radius 2 is 1.89 bits per heavy atom. The van der Waals surface area contributed by atoms with E-state index in [1.807, 2.05) is 35.9 Å². The van der Waals surface area contributed by atoms with Crippen molar-refractivity contribution in [2.24, 2.45) is 7.05 Å². The standard InChI is InChI=1S/C26H30N8O3/c1-31(2)17-10-13-33(14-11-17)22-16-24(37-4)20(15-23(22)34(35)36)30-26-27-12-9-19(29-26)25-28-18-7-5-6-8-21(18)32(25)3/h5-9,12,15-17H,10-11,13-14H2,1-4H3,(H,27,29,30). The normalized spacial score (nSPS) is 14.4. The summed E-state index contributed by atoms with van der Waals surface area (Å²) in [4.78, 5) is 29.7. The fourth-order valence-corrected chi connectivity index (χ4v) is 4.89. The van der Waals surface area contributed by atoms with Gasteiger partial charge in [0, 0.05) is 44.5 Å². The van der Waals surface area contributed by atoms with Crippen molar-refractivity contribution in [2.75, 3.05) is 44.5 Å². The number of aromatic nitrogens is 4. The number of benzene rings is 2. The van der Waals surface area contributed by atoms with Crippen molar-refractivity contribution in [1.82, 2.24) is 24.4 Å². The van der Waals surface area contributed by atoms with Gasteiger partial charge in [0.25, 0.3) is 5.69 Å². The Kier molecular flexibility index (Phi) is 6.62. The molecule has 1 fully saturated rings. The quantitative estimate of drug-likeness (QED) is 0.293. The molecule has 37 heavy (non-hydrogen) atoms. The molecule has 2 aromatic carbocycles. The monoisotopic (exact) mass is 502 g/mol. The third kappa shape index (κ3) is 4.77. The Hall–Kier alpha value is -4.25. The molecule has 1 aliphatic rings.